The van der Waals surface area contributed by atoms with Crippen molar-refractivity contribution in [1.29, 1.82) is 0 Å². The van der Waals surface area contributed by atoms with E-state index in [4.69, 9.17) is 0 Å². The lowest BCUT2D eigenvalue weighted by molar-refractivity contribution is 0.119. The molecule has 0 bridgehead atoms. The molecular weight excluding hydrogens is 274 g/mol. The van der Waals surface area contributed by atoms with E-state index in [1.54, 1.807) is 0 Å². The second-order valence-electron chi connectivity index (χ2n) is 7.03. The molecule has 0 aliphatic heterocycles. The van der Waals surface area contributed by atoms with E-state index in [1.807, 2.05) is 0 Å². The van der Waals surface area contributed by atoms with Crippen LogP contribution >= 0.6 is 0 Å². The van der Waals surface area contributed by atoms with Crippen molar-refractivity contribution in [3.05, 3.63) is 0 Å². The lowest BCUT2D eigenvalue weighted by Gasteiger charge is -2.39. The van der Waals surface area contributed by atoms with Gasteiger partial charge in [-0.3, -0.25) is 0 Å². The van der Waals surface area contributed by atoms with Crippen LogP contribution in [0.2, 0.25) is 0 Å². The molecule has 0 amide bonds. The fourth-order valence-corrected chi connectivity index (χ4v) is 5.91. The predicted molar refractivity (Wildman–Crippen MR) is 80.9 cm³/mol. The molecule has 2 fully saturated rings. The SMILES string of the molecule is CC1CCCC(CO)(NS(=O)(=O)CC2CCCCC2)C1. The molecule has 0 aromatic carbocycles. The van der Waals surface area contributed by atoms with Gasteiger partial charge in [-0.2, -0.15) is 0 Å². The van der Waals surface area contributed by atoms with E-state index in [0.29, 0.717) is 11.8 Å². The average Bonchev–Trinajstić information content (AvgIpc) is 2.38. The smallest absolute Gasteiger partial charge is 0.212 e. The molecule has 5 heteroatoms. The first-order chi connectivity index (χ1) is 9.45. The zero-order valence-electron chi connectivity index (χ0n) is 12.6. The molecular formula is C15H29NO3S. The predicted octanol–water partition coefficient (Wildman–Crippen LogP) is 2.43. The molecule has 2 N–H and O–H groups in total. The summed E-state index contributed by atoms with van der Waals surface area (Å²) in [5.41, 5.74) is -0.606. The summed E-state index contributed by atoms with van der Waals surface area (Å²) in [4.78, 5) is 0. The molecule has 2 atom stereocenters. The van der Waals surface area contributed by atoms with E-state index in [2.05, 4.69) is 11.6 Å². The Morgan fingerprint density at radius 1 is 1.15 bits per heavy atom. The summed E-state index contributed by atoms with van der Waals surface area (Å²) in [6.07, 6.45) is 9.25. The molecule has 0 saturated heterocycles. The summed E-state index contributed by atoms with van der Waals surface area (Å²) in [7, 11) is -3.28. The fraction of sp³-hybridized carbons (Fsp3) is 1.00. The molecule has 2 rings (SSSR count). The molecule has 0 radical (unpaired) electrons. The van der Waals surface area contributed by atoms with Crippen molar-refractivity contribution in [2.24, 2.45) is 11.8 Å². The minimum atomic E-state index is -3.28. The Morgan fingerprint density at radius 3 is 2.45 bits per heavy atom. The van der Waals surface area contributed by atoms with Crippen LogP contribution in [0.1, 0.15) is 64.7 Å². The van der Waals surface area contributed by atoms with Gasteiger partial charge in [-0.1, -0.05) is 39.0 Å². The number of hydrogen-bond acceptors (Lipinski definition) is 3. The third-order valence-corrected chi connectivity index (χ3v) is 6.60. The van der Waals surface area contributed by atoms with E-state index < -0.39 is 15.6 Å². The number of nitrogens with one attached hydrogen (secondary N) is 1. The Balaban J connectivity index is 1.97. The lowest BCUT2D eigenvalue weighted by atomic mass is 9.78. The molecule has 4 nitrogen and oxygen atoms in total. The maximum absolute atomic E-state index is 12.4. The number of hydrogen-bond donors (Lipinski definition) is 2. The van der Waals surface area contributed by atoms with Gasteiger partial charge < -0.3 is 5.11 Å². The maximum Gasteiger partial charge on any atom is 0.212 e. The standard InChI is InChI=1S/C15H29NO3S/c1-13-6-5-9-15(10-13,12-17)16-20(18,19)11-14-7-3-2-4-8-14/h13-14,16-17H,2-12H2,1H3. The minimum Gasteiger partial charge on any atom is -0.394 e. The van der Waals surface area contributed by atoms with E-state index in [0.717, 1.165) is 51.4 Å². The van der Waals surface area contributed by atoms with Crippen LogP contribution in [-0.2, 0) is 10.0 Å². The Bertz CT molecular complexity index is 403. The zero-order chi connectivity index (χ0) is 14.6. The van der Waals surface area contributed by atoms with Crippen LogP contribution in [0.15, 0.2) is 0 Å². The second-order valence-corrected chi connectivity index (χ2v) is 8.79. The van der Waals surface area contributed by atoms with Crippen LogP contribution in [0.3, 0.4) is 0 Å². The van der Waals surface area contributed by atoms with Crippen molar-refractivity contribution in [1.82, 2.24) is 4.72 Å². The van der Waals surface area contributed by atoms with Crippen molar-refractivity contribution in [3.63, 3.8) is 0 Å². The number of aliphatic hydroxyl groups is 1. The van der Waals surface area contributed by atoms with Gasteiger partial charge in [0, 0.05) is 0 Å². The van der Waals surface area contributed by atoms with Gasteiger partial charge in [-0.15, -0.1) is 0 Å². The summed E-state index contributed by atoms with van der Waals surface area (Å²) in [5.74, 6) is 1.02. The maximum atomic E-state index is 12.4. The van der Waals surface area contributed by atoms with Crippen LogP contribution in [0.25, 0.3) is 0 Å². The highest BCUT2D eigenvalue weighted by molar-refractivity contribution is 7.89. The van der Waals surface area contributed by atoms with Crippen LogP contribution in [-0.4, -0.2) is 31.4 Å². The number of aliphatic hydroxyl groups excluding tert-OH is 1. The summed E-state index contributed by atoms with van der Waals surface area (Å²) < 4.78 is 27.7. The molecule has 2 unspecified atom stereocenters. The van der Waals surface area contributed by atoms with Crippen LogP contribution in [0.4, 0.5) is 0 Å². The molecule has 2 aliphatic rings. The zero-order valence-corrected chi connectivity index (χ0v) is 13.4. The monoisotopic (exact) mass is 303 g/mol. The Hall–Kier alpha value is -0.130. The van der Waals surface area contributed by atoms with Gasteiger partial charge >= 0.3 is 0 Å². The quantitative estimate of drug-likeness (QED) is 0.819. The highest BCUT2D eigenvalue weighted by Crippen LogP contribution is 2.33. The molecule has 2 aliphatic carbocycles. The molecule has 0 spiro atoms. The van der Waals surface area contributed by atoms with Crippen LogP contribution in [0.5, 0.6) is 0 Å². The highest BCUT2D eigenvalue weighted by Gasteiger charge is 2.38. The molecule has 2 saturated carbocycles. The van der Waals surface area contributed by atoms with Crippen molar-refractivity contribution in [3.8, 4) is 0 Å². The third kappa shape index (κ3) is 4.43. The van der Waals surface area contributed by atoms with Gasteiger partial charge in [0.1, 0.15) is 0 Å². The normalized spacial score (nSPS) is 33.2. The second kappa shape index (κ2) is 6.75. The highest BCUT2D eigenvalue weighted by atomic mass is 32.2. The number of sulfonamides is 1. The van der Waals surface area contributed by atoms with Crippen LogP contribution < -0.4 is 4.72 Å². The van der Waals surface area contributed by atoms with E-state index >= 15 is 0 Å². The van der Waals surface area contributed by atoms with Crippen molar-refractivity contribution in [2.45, 2.75) is 70.3 Å². The fourth-order valence-electron chi connectivity index (χ4n) is 3.96. The van der Waals surface area contributed by atoms with Gasteiger partial charge in [0.25, 0.3) is 0 Å². The minimum absolute atomic E-state index is 0.0821. The summed E-state index contributed by atoms with van der Waals surface area (Å²) >= 11 is 0. The van der Waals surface area contributed by atoms with Crippen molar-refractivity contribution < 1.29 is 13.5 Å². The summed E-state index contributed by atoms with van der Waals surface area (Å²) in [6, 6.07) is 0. The first kappa shape index (κ1) is 16.2. The van der Waals surface area contributed by atoms with Gasteiger partial charge in [0.15, 0.2) is 0 Å². The average molecular weight is 303 g/mol. The van der Waals surface area contributed by atoms with E-state index in [-0.39, 0.29) is 12.4 Å². The molecule has 0 aromatic heterocycles. The molecule has 118 valence electrons. The lowest BCUT2D eigenvalue weighted by Crippen LogP contribution is -2.54. The summed E-state index contributed by atoms with van der Waals surface area (Å²) in [6.45, 7) is 2.06. The molecule has 20 heavy (non-hydrogen) atoms. The molecule has 0 aromatic rings. The van der Waals surface area contributed by atoms with Gasteiger partial charge in [0.2, 0.25) is 10.0 Å². The molecule has 0 heterocycles. The Kier molecular flexibility index (Phi) is 5.49. The first-order valence-electron chi connectivity index (χ1n) is 8.07. The van der Waals surface area contributed by atoms with Gasteiger partial charge in [-0.05, 0) is 37.5 Å². The van der Waals surface area contributed by atoms with E-state index in [1.165, 1.54) is 6.42 Å². The first-order valence-corrected chi connectivity index (χ1v) is 9.72. The van der Waals surface area contributed by atoms with Gasteiger partial charge in [-0.25, -0.2) is 13.1 Å². The van der Waals surface area contributed by atoms with E-state index in [9.17, 15) is 13.5 Å². The Morgan fingerprint density at radius 2 is 1.85 bits per heavy atom. The topological polar surface area (TPSA) is 66.4 Å². The van der Waals surface area contributed by atoms with Crippen molar-refractivity contribution >= 4 is 10.0 Å². The van der Waals surface area contributed by atoms with Crippen molar-refractivity contribution in [2.75, 3.05) is 12.4 Å². The number of rotatable bonds is 5. The van der Waals surface area contributed by atoms with Crippen LogP contribution in [0, 0.1) is 11.8 Å². The largest absolute Gasteiger partial charge is 0.394 e. The summed E-state index contributed by atoms with van der Waals surface area (Å²) in [5, 5.41) is 9.70. The Labute approximate surface area is 123 Å². The van der Waals surface area contributed by atoms with Gasteiger partial charge in [0.05, 0.1) is 17.9 Å². The third-order valence-electron chi connectivity index (χ3n) is 4.95.